The average Bonchev–Trinajstić information content (AvgIpc) is 2.39. The van der Waals surface area contributed by atoms with Gasteiger partial charge in [0.05, 0.1) is 14.2 Å². The molecule has 0 aromatic heterocycles. The van der Waals surface area contributed by atoms with Gasteiger partial charge in [-0.25, -0.2) is 0 Å². The Labute approximate surface area is 111 Å². The largest absolute Gasteiger partial charge is 0.497 e. The number of rotatable bonds is 4. The number of anilines is 1. The van der Waals surface area contributed by atoms with Crippen LogP contribution in [0.2, 0.25) is 0 Å². The van der Waals surface area contributed by atoms with Gasteiger partial charge >= 0.3 is 0 Å². The standard InChI is InChI=1S/C14H15NO2S/c1-16-11-3-5-13(6-4-11)18-14-8-10(15)7-12(9-14)17-2/h3-9H,15H2,1-2H3. The van der Waals surface area contributed by atoms with Gasteiger partial charge in [-0.05, 0) is 36.4 Å². The van der Waals surface area contributed by atoms with Crippen LogP contribution in [0.1, 0.15) is 0 Å². The van der Waals surface area contributed by atoms with Crippen molar-refractivity contribution in [1.29, 1.82) is 0 Å². The highest BCUT2D eigenvalue weighted by Crippen LogP contribution is 2.32. The van der Waals surface area contributed by atoms with Crippen LogP contribution in [0.15, 0.2) is 52.3 Å². The minimum Gasteiger partial charge on any atom is -0.497 e. The summed E-state index contributed by atoms with van der Waals surface area (Å²) in [4.78, 5) is 2.18. The van der Waals surface area contributed by atoms with Crippen LogP contribution in [0, 0.1) is 0 Å². The molecule has 0 amide bonds. The van der Waals surface area contributed by atoms with Gasteiger partial charge in [0.25, 0.3) is 0 Å². The van der Waals surface area contributed by atoms with Gasteiger partial charge in [0.15, 0.2) is 0 Å². The highest BCUT2D eigenvalue weighted by molar-refractivity contribution is 7.99. The molecule has 0 bridgehead atoms. The van der Waals surface area contributed by atoms with Gasteiger partial charge in [0, 0.05) is 21.5 Å². The monoisotopic (exact) mass is 261 g/mol. The smallest absolute Gasteiger partial charge is 0.122 e. The van der Waals surface area contributed by atoms with Gasteiger partial charge in [0.2, 0.25) is 0 Å². The van der Waals surface area contributed by atoms with Crippen molar-refractivity contribution in [3.8, 4) is 11.5 Å². The summed E-state index contributed by atoms with van der Waals surface area (Å²) < 4.78 is 10.3. The normalized spacial score (nSPS) is 10.1. The van der Waals surface area contributed by atoms with Crippen LogP contribution in [0.5, 0.6) is 11.5 Å². The molecule has 0 saturated heterocycles. The maximum absolute atomic E-state index is 5.82. The summed E-state index contributed by atoms with van der Waals surface area (Å²) in [5.41, 5.74) is 6.52. The van der Waals surface area contributed by atoms with Crippen molar-refractivity contribution >= 4 is 17.4 Å². The van der Waals surface area contributed by atoms with Crippen LogP contribution in [-0.4, -0.2) is 14.2 Å². The van der Waals surface area contributed by atoms with E-state index in [0.717, 1.165) is 21.3 Å². The van der Waals surface area contributed by atoms with Crippen LogP contribution < -0.4 is 15.2 Å². The Morgan fingerprint density at radius 2 is 1.50 bits per heavy atom. The first-order valence-electron chi connectivity index (χ1n) is 5.48. The average molecular weight is 261 g/mol. The summed E-state index contributed by atoms with van der Waals surface area (Å²) >= 11 is 1.63. The van der Waals surface area contributed by atoms with Crippen molar-refractivity contribution in [2.45, 2.75) is 9.79 Å². The molecule has 4 heteroatoms. The summed E-state index contributed by atoms with van der Waals surface area (Å²) in [6.07, 6.45) is 0. The number of methoxy groups -OCH3 is 2. The predicted octanol–water partition coefficient (Wildman–Crippen LogP) is 3.44. The van der Waals surface area contributed by atoms with E-state index in [9.17, 15) is 0 Å². The lowest BCUT2D eigenvalue weighted by Gasteiger charge is -2.07. The third-order valence-electron chi connectivity index (χ3n) is 2.43. The molecule has 0 unspecified atom stereocenters. The fourth-order valence-electron chi connectivity index (χ4n) is 1.55. The van der Waals surface area contributed by atoms with Gasteiger partial charge in [-0.1, -0.05) is 11.8 Å². The molecule has 0 aliphatic rings. The second-order valence-electron chi connectivity index (χ2n) is 3.72. The first kappa shape index (κ1) is 12.6. The van der Waals surface area contributed by atoms with Crippen LogP contribution >= 0.6 is 11.8 Å². The van der Waals surface area contributed by atoms with Crippen molar-refractivity contribution < 1.29 is 9.47 Å². The lowest BCUT2D eigenvalue weighted by atomic mass is 10.3. The van der Waals surface area contributed by atoms with Crippen LogP contribution in [0.25, 0.3) is 0 Å². The zero-order valence-corrected chi connectivity index (χ0v) is 11.2. The SMILES string of the molecule is COc1ccc(Sc2cc(N)cc(OC)c2)cc1. The molecular formula is C14H15NO2S. The van der Waals surface area contributed by atoms with Crippen molar-refractivity contribution in [1.82, 2.24) is 0 Å². The summed E-state index contributed by atoms with van der Waals surface area (Å²) in [6.45, 7) is 0. The van der Waals surface area contributed by atoms with Crippen LogP contribution in [0.3, 0.4) is 0 Å². The summed E-state index contributed by atoms with van der Waals surface area (Å²) in [5, 5.41) is 0. The third-order valence-corrected chi connectivity index (χ3v) is 3.41. The molecule has 2 N–H and O–H groups in total. The van der Waals surface area contributed by atoms with Gasteiger partial charge in [-0.15, -0.1) is 0 Å². The molecule has 0 atom stereocenters. The summed E-state index contributed by atoms with van der Waals surface area (Å²) in [5.74, 6) is 1.62. The van der Waals surface area contributed by atoms with Gasteiger partial charge in [-0.3, -0.25) is 0 Å². The molecule has 0 saturated carbocycles. The van der Waals surface area contributed by atoms with Crippen molar-refractivity contribution in [3.05, 3.63) is 42.5 Å². The lowest BCUT2D eigenvalue weighted by Crippen LogP contribution is -1.89. The molecule has 2 aromatic carbocycles. The Hall–Kier alpha value is -1.81. The van der Waals surface area contributed by atoms with Crippen LogP contribution in [-0.2, 0) is 0 Å². The summed E-state index contributed by atoms with van der Waals surface area (Å²) in [6, 6.07) is 13.6. The van der Waals surface area contributed by atoms with Gasteiger partial charge in [0.1, 0.15) is 11.5 Å². The highest BCUT2D eigenvalue weighted by Gasteiger charge is 2.02. The number of benzene rings is 2. The first-order valence-corrected chi connectivity index (χ1v) is 6.29. The van der Waals surface area contributed by atoms with E-state index in [1.165, 1.54) is 0 Å². The quantitative estimate of drug-likeness (QED) is 0.856. The molecule has 0 spiro atoms. The van der Waals surface area contributed by atoms with E-state index in [4.69, 9.17) is 15.2 Å². The number of ether oxygens (including phenoxy) is 2. The second-order valence-corrected chi connectivity index (χ2v) is 4.87. The Balaban J connectivity index is 2.19. The van der Waals surface area contributed by atoms with Crippen molar-refractivity contribution in [2.75, 3.05) is 20.0 Å². The van der Waals surface area contributed by atoms with Gasteiger partial charge in [-0.2, -0.15) is 0 Å². The van der Waals surface area contributed by atoms with E-state index in [2.05, 4.69) is 0 Å². The molecule has 0 fully saturated rings. The van der Waals surface area contributed by atoms with E-state index in [-0.39, 0.29) is 0 Å². The second kappa shape index (κ2) is 5.69. The number of nitrogens with two attached hydrogens (primary N) is 1. The molecule has 0 heterocycles. The van der Waals surface area contributed by atoms with Crippen molar-refractivity contribution in [3.63, 3.8) is 0 Å². The maximum atomic E-state index is 5.82. The molecule has 0 aliphatic carbocycles. The van der Waals surface area contributed by atoms with E-state index in [1.807, 2.05) is 36.4 Å². The van der Waals surface area contributed by atoms with E-state index >= 15 is 0 Å². The third kappa shape index (κ3) is 3.11. The lowest BCUT2D eigenvalue weighted by molar-refractivity contribution is 0.414. The van der Waals surface area contributed by atoms with E-state index < -0.39 is 0 Å². The van der Waals surface area contributed by atoms with Gasteiger partial charge < -0.3 is 15.2 Å². The zero-order valence-electron chi connectivity index (χ0n) is 10.3. The molecule has 18 heavy (non-hydrogen) atoms. The summed E-state index contributed by atoms with van der Waals surface area (Å²) in [7, 11) is 3.29. The number of hydrogen-bond acceptors (Lipinski definition) is 4. The Kier molecular flexibility index (Phi) is 3.99. The molecule has 94 valence electrons. The zero-order chi connectivity index (χ0) is 13.0. The molecule has 0 aliphatic heterocycles. The van der Waals surface area contributed by atoms with Crippen LogP contribution in [0.4, 0.5) is 5.69 Å². The molecule has 2 aromatic rings. The predicted molar refractivity (Wildman–Crippen MR) is 74.5 cm³/mol. The van der Waals surface area contributed by atoms with E-state index in [1.54, 1.807) is 32.0 Å². The maximum Gasteiger partial charge on any atom is 0.122 e. The Bertz CT molecular complexity index is 526. The Morgan fingerprint density at radius 3 is 2.11 bits per heavy atom. The Morgan fingerprint density at radius 1 is 0.833 bits per heavy atom. The number of nitrogen functional groups attached to an aromatic ring is 1. The minimum atomic E-state index is 0.699. The molecule has 0 radical (unpaired) electrons. The molecule has 3 nitrogen and oxygen atoms in total. The minimum absolute atomic E-state index is 0.699. The topological polar surface area (TPSA) is 44.5 Å². The van der Waals surface area contributed by atoms with E-state index in [0.29, 0.717) is 5.69 Å². The highest BCUT2D eigenvalue weighted by atomic mass is 32.2. The fraction of sp³-hybridized carbons (Fsp3) is 0.143. The fourth-order valence-corrected chi connectivity index (χ4v) is 2.46. The molecule has 2 rings (SSSR count). The van der Waals surface area contributed by atoms with Crippen molar-refractivity contribution in [2.24, 2.45) is 0 Å². The molecular weight excluding hydrogens is 246 g/mol. The first-order chi connectivity index (χ1) is 8.71. The number of hydrogen-bond donors (Lipinski definition) is 1.